The van der Waals surface area contributed by atoms with E-state index in [2.05, 4.69) is 63.2 Å². The molecule has 3 heterocycles. The Kier molecular flexibility index (Phi) is 13.6. The average molecular weight is 790 g/mol. The molecule has 0 atom stereocenters. The molecule has 15 nitrogen and oxygen atoms in total. The van der Waals surface area contributed by atoms with E-state index in [-0.39, 0.29) is 7.43 Å². The Morgan fingerprint density at radius 1 is 0.717 bits per heavy atom. The monoisotopic (exact) mass is 789 g/mol. The fourth-order valence-electron chi connectivity index (χ4n) is 6.09. The van der Waals surface area contributed by atoms with E-state index >= 15 is 0 Å². The van der Waals surface area contributed by atoms with Gasteiger partial charge < -0.3 is 21.7 Å². The molecule has 4 aromatic carbocycles. The molecule has 3 aromatic heterocycles. The van der Waals surface area contributed by atoms with Crippen LogP contribution in [0.15, 0.2) is 97.5 Å². The molecule has 0 aliphatic carbocycles. The molecular weight excluding hydrogens is 751 g/mol. The van der Waals surface area contributed by atoms with Crippen molar-refractivity contribution in [2.24, 2.45) is 0 Å². The molecule has 60 heavy (non-hydrogen) atoms. The van der Waals surface area contributed by atoms with Gasteiger partial charge in [-0.3, -0.25) is 0 Å². The van der Waals surface area contributed by atoms with Crippen LogP contribution in [0, 0.1) is 68.3 Å². The second-order valence-electron chi connectivity index (χ2n) is 13.1. The van der Waals surface area contributed by atoms with Gasteiger partial charge in [-0.05, 0) is 128 Å². The molecule has 0 radical (unpaired) electrons. The molecule has 294 valence electrons. The number of hydrogen-bond donors (Lipinski definition) is 4. The molecule has 0 bridgehead atoms. The highest BCUT2D eigenvalue weighted by Crippen LogP contribution is 2.29. The third kappa shape index (κ3) is 10.1. The molecule has 5 N–H and O–H groups in total. The first kappa shape index (κ1) is 42.2. The lowest BCUT2D eigenvalue weighted by Crippen LogP contribution is -2.06. The van der Waals surface area contributed by atoms with E-state index in [0.717, 1.165) is 56.1 Å². The minimum absolute atomic E-state index is 0. The topological polar surface area (TPSA) is 220 Å². The summed E-state index contributed by atoms with van der Waals surface area (Å²) >= 11 is 0. The van der Waals surface area contributed by atoms with Gasteiger partial charge in [0, 0.05) is 23.1 Å². The number of rotatable bonds is 9. The van der Waals surface area contributed by atoms with E-state index in [4.69, 9.17) is 28.1 Å². The van der Waals surface area contributed by atoms with E-state index in [9.17, 15) is 0 Å². The summed E-state index contributed by atoms with van der Waals surface area (Å²) < 4.78 is 1.70. The molecular formula is C45H39N15. The number of nitriles is 3. The van der Waals surface area contributed by atoms with Gasteiger partial charge in [0.1, 0.15) is 0 Å². The Hall–Kier alpha value is -8.92. The number of nitrogen functional groups attached to an aromatic ring is 1. The molecule has 7 aromatic rings. The van der Waals surface area contributed by atoms with Crippen LogP contribution in [0.5, 0.6) is 0 Å². The molecule has 0 saturated carbocycles. The van der Waals surface area contributed by atoms with E-state index in [0.29, 0.717) is 45.7 Å². The SMILES string of the molecule is C.Cc1cc(/C=C/C#N)cc(C)c1Nc1nc(Nc2ccc(C#N)cc2)ncc1N.[C-]#[N+]/C=C/c1cc(C)c(-n2nnc3cnc(Nc4ccc(C#N)cc4)nc32)c(C)c1. The van der Waals surface area contributed by atoms with E-state index < -0.39 is 0 Å². The Morgan fingerprint density at radius 3 is 1.80 bits per heavy atom. The van der Waals surface area contributed by atoms with Crippen molar-refractivity contribution >= 4 is 63.8 Å². The summed E-state index contributed by atoms with van der Waals surface area (Å²) in [6.07, 6.45) is 9.59. The molecule has 15 heteroatoms. The minimum atomic E-state index is 0. The van der Waals surface area contributed by atoms with Crippen LogP contribution in [0.25, 0.3) is 33.8 Å². The van der Waals surface area contributed by atoms with Crippen molar-refractivity contribution in [1.82, 2.24) is 34.9 Å². The zero-order chi connectivity index (χ0) is 41.9. The van der Waals surface area contributed by atoms with Crippen LogP contribution in [0.3, 0.4) is 0 Å². The van der Waals surface area contributed by atoms with E-state index in [1.807, 2.05) is 58.0 Å². The van der Waals surface area contributed by atoms with E-state index in [1.54, 1.807) is 71.6 Å². The number of fused-ring (bicyclic) bond motifs is 1. The van der Waals surface area contributed by atoms with Crippen LogP contribution in [-0.4, -0.2) is 34.9 Å². The lowest BCUT2D eigenvalue weighted by Gasteiger charge is -2.15. The number of nitrogens with two attached hydrogens (primary N) is 1. The maximum Gasteiger partial charge on any atom is 0.229 e. The highest BCUT2D eigenvalue weighted by Gasteiger charge is 2.15. The zero-order valence-corrected chi connectivity index (χ0v) is 32.4. The molecule has 0 amide bonds. The highest BCUT2D eigenvalue weighted by molar-refractivity contribution is 5.76. The van der Waals surface area contributed by atoms with Crippen molar-refractivity contribution in [1.29, 1.82) is 15.8 Å². The van der Waals surface area contributed by atoms with Gasteiger partial charge in [0.05, 0.1) is 59.7 Å². The zero-order valence-electron chi connectivity index (χ0n) is 32.4. The first-order valence-electron chi connectivity index (χ1n) is 17.9. The van der Waals surface area contributed by atoms with Crippen LogP contribution in [0.2, 0.25) is 0 Å². The van der Waals surface area contributed by atoms with Crippen LogP contribution in [-0.2, 0) is 0 Å². The number of benzene rings is 4. The number of anilines is 7. The third-order valence-electron chi connectivity index (χ3n) is 8.77. The third-order valence-corrected chi connectivity index (χ3v) is 8.77. The lowest BCUT2D eigenvalue weighted by atomic mass is 10.0. The summed E-state index contributed by atoms with van der Waals surface area (Å²) in [7, 11) is 0. The van der Waals surface area contributed by atoms with Gasteiger partial charge in [0.25, 0.3) is 0 Å². The van der Waals surface area contributed by atoms with Crippen LogP contribution < -0.4 is 21.7 Å². The summed E-state index contributed by atoms with van der Waals surface area (Å²) in [5, 5.41) is 44.5. The van der Waals surface area contributed by atoms with Gasteiger partial charge >= 0.3 is 0 Å². The highest BCUT2D eigenvalue weighted by atomic mass is 15.4. The normalized spacial score (nSPS) is 10.4. The van der Waals surface area contributed by atoms with Crippen molar-refractivity contribution in [3.63, 3.8) is 0 Å². The van der Waals surface area contributed by atoms with Crippen molar-refractivity contribution in [2.45, 2.75) is 35.1 Å². The Balaban J connectivity index is 0.000000224. The quantitative estimate of drug-likeness (QED) is 0.0791. The smallest absolute Gasteiger partial charge is 0.229 e. The number of aromatic nitrogens is 7. The summed E-state index contributed by atoms with van der Waals surface area (Å²) in [4.78, 5) is 20.9. The first-order chi connectivity index (χ1) is 28.6. The van der Waals surface area contributed by atoms with Crippen LogP contribution >= 0.6 is 0 Å². The van der Waals surface area contributed by atoms with Gasteiger partial charge in [-0.2, -0.15) is 30.4 Å². The van der Waals surface area contributed by atoms with Crippen LogP contribution in [0.4, 0.5) is 40.5 Å². The largest absolute Gasteiger partial charge is 0.394 e. The summed E-state index contributed by atoms with van der Waals surface area (Å²) in [5.41, 5.74) is 18.0. The Labute approximate surface area is 347 Å². The Morgan fingerprint density at radius 2 is 1.25 bits per heavy atom. The molecule has 0 fully saturated rings. The summed E-state index contributed by atoms with van der Waals surface area (Å²) in [6.45, 7) is 14.8. The second kappa shape index (κ2) is 19.3. The minimum Gasteiger partial charge on any atom is -0.394 e. The molecule has 0 unspecified atom stereocenters. The fourth-order valence-corrected chi connectivity index (χ4v) is 6.09. The van der Waals surface area contributed by atoms with Gasteiger partial charge in [-0.1, -0.05) is 30.8 Å². The standard InChI is InChI=1S/C22H16N8.C22H19N7.CH4/c1-14-10-17(8-9-24-3)11-15(2)20(14)30-21-19(28-29-30)13-25-22(27-21)26-18-6-4-16(12-23)5-7-18;1-14-10-17(4-3-9-23)11-15(2)20(14)28-21-19(25)13-26-22(29-21)27-18-7-5-16(12-24)6-8-18;/h4-11,13H,1-2H3,(H,25,26,27);3-8,10-11,13H,25H2,1-2H3,(H2,26,27,28,29);1H4/b9-8+;4-3+;. The predicted octanol–water partition coefficient (Wildman–Crippen LogP) is 9.54. The lowest BCUT2D eigenvalue weighted by molar-refractivity contribution is 0.807. The van der Waals surface area contributed by atoms with Crippen molar-refractivity contribution in [2.75, 3.05) is 21.7 Å². The fraction of sp³-hybridized carbons (Fsp3) is 0.111. The predicted molar refractivity (Wildman–Crippen MR) is 235 cm³/mol. The summed E-state index contributed by atoms with van der Waals surface area (Å²) in [6, 6.07) is 28.2. The maximum absolute atomic E-state index is 8.93. The van der Waals surface area contributed by atoms with Gasteiger partial charge in [0.15, 0.2) is 23.2 Å². The Bertz CT molecular complexity index is 2850. The molecule has 0 spiro atoms. The number of hydrogen-bond acceptors (Lipinski definition) is 13. The number of nitrogens with zero attached hydrogens (tertiary/aromatic N) is 11. The van der Waals surface area contributed by atoms with Crippen molar-refractivity contribution in [3.8, 4) is 23.9 Å². The summed E-state index contributed by atoms with van der Waals surface area (Å²) in [5.74, 6) is 1.28. The second-order valence-corrected chi connectivity index (χ2v) is 13.1. The maximum atomic E-state index is 8.93. The van der Waals surface area contributed by atoms with Gasteiger partial charge in [0.2, 0.25) is 11.9 Å². The average Bonchev–Trinajstić information content (AvgIpc) is 3.64. The van der Waals surface area contributed by atoms with E-state index in [1.165, 1.54) is 18.5 Å². The number of nitrogens with one attached hydrogen (secondary N) is 3. The number of allylic oxidation sites excluding steroid dienone is 1. The van der Waals surface area contributed by atoms with Crippen molar-refractivity contribution < 1.29 is 0 Å². The van der Waals surface area contributed by atoms with Gasteiger partial charge in [-0.25, -0.2) is 14.8 Å². The molecule has 7 rings (SSSR count). The molecule has 0 saturated heterocycles. The van der Waals surface area contributed by atoms with Crippen molar-refractivity contribution in [3.05, 3.63) is 153 Å². The van der Waals surface area contributed by atoms with Crippen LogP contribution in [0.1, 0.15) is 51.9 Å². The molecule has 0 aliphatic heterocycles. The number of aryl methyl sites for hydroxylation is 4. The molecule has 0 aliphatic rings. The first-order valence-corrected chi connectivity index (χ1v) is 17.9. The van der Waals surface area contributed by atoms with Gasteiger partial charge in [-0.15, -0.1) is 5.10 Å².